The normalized spacial score (nSPS) is 18.0. The van der Waals surface area contributed by atoms with E-state index in [1.165, 1.54) is 11.6 Å². The van der Waals surface area contributed by atoms with Crippen molar-refractivity contribution in [2.24, 2.45) is 4.99 Å². The van der Waals surface area contributed by atoms with Crippen molar-refractivity contribution in [2.75, 3.05) is 11.4 Å². The highest BCUT2D eigenvalue weighted by Crippen LogP contribution is 2.50. The van der Waals surface area contributed by atoms with Gasteiger partial charge in [-0.3, -0.25) is 9.35 Å². The molecule has 4 rings (SSSR count). The number of pyridine rings is 1. The maximum Gasteiger partial charge on any atom is 0.327 e. The minimum absolute atomic E-state index is 0.115. The summed E-state index contributed by atoms with van der Waals surface area (Å²) in [6, 6.07) is 5.23. The van der Waals surface area contributed by atoms with Crippen molar-refractivity contribution in [1.82, 2.24) is 0 Å². The number of aromatic nitrogens is 1. The quantitative estimate of drug-likeness (QED) is 0.104. The maximum atomic E-state index is 12.0. The van der Waals surface area contributed by atoms with Gasteiger partial charge < -0.3 is 10.0 Å². The van der Waals surface area contributed by atoms with Crippen LogP contribution in [0.5, 0.6) is 0 Å². The van der Waals surface area contributed by atoms with Gasteiger partial charge in [0.1, 0.15) is 6.20 Å². The second-order valence-corrected chi connectivity index (χ2v) is 14.9. The molecule has 2 aromatic rings. The van der Waals surface area contributed by atoms with Gasteiger partial charge >= 0.3 is 11.8 Å². The summed E-state index contributed by atoms with van der Waals surface area (Å²) < 4.78 is 37.1. The molecule has 0 atom stereocenters. The Morgan fingerprint density at radius 3 is 2.43 bits per heavy atom. The predicted octanol–water partition coefficient (Wildman–Crippen LogP) is 7.50. The van der Waals surface area contributed by atoms with Crippen molar-refractivity contribution >= 4 is 49.2 Å². The number of aliphatic imine (C=N–C) groups is 1. The molecule has 8 nitrogen and oxygen atoms in total. The highest BCUT2D eigenvalue weighted by Gasteiger charge is 2.43. The molecule has 1 aromatic carbocycles. The van der Waals surface area contributed by atoms with Crippen LogP contribution in [0.4, 0.5) is 11.5 Å². The Morgan fingerprint density at radius 2 is 1.77 bits per heavy atom. The monoisotopic (exact) mass is 684 g/mol. The van der Waals surface area contributed by atoms with E-state index in [9.17, 15) is 17.8 Å². The fourth-order valence-corrected chi connectivity index (χ4v) is 7.24. The molecule has 2 N–H and O–H groups in total. The van der Waals surface area contributed by atoms with Crippen LogP contribution < -0.4 is 9.47 Å². The minimum Gasteiger partial charge on any atom is -0.481 e. The molecule has 2 aliphatic rings. The summed E-state index contributed by atoms with van der Waals surface area (Å²) >= 11 is 3.66. The number of fused-ring (bicyclic) bond motifs is 2. The Bertz CT molecular complexity index is 1690. The summed E-state index contributed by atoms with van der Waals surface area (Å²) in [4.78, 5) is 18.1. The summed E-state index contributed by atoms with van der Waals surface area (Å²) in [6.45, 7) is 14.0. The van der Waals surface area contributed by atoms with Crippen LogP contribution in [0.15, 0.2) is 74.8 Å². The van der Waals surface area contributed by atoms with Crippen LogP contribution in [-0.4, -0.2) is 36.3 Å². The molecule has 0 radical (unpaired) electrons. The summed E-state index contributed by atoms with van der Waals surface area (Å²) in [5.74, 6) is 0.198. The van der Waals surface area contributed by atoms with Gasteiger partial charge in [-0.25, -0.2) is 4.57 Å². The number of carbonyl (C=O) groups is 1. The molecule has 44 heavy (non-hydrogen) atoms. The van der Waals surface area contributed by atoms with Crippen molar-refractivity contribution in [3.63, 3.8) is 0 Å². The van der Waals surface area contributed by atoms with Crippen LogP contribution >= 0.6 is 15.9 Å². The van der Waals surface area contributed by atoms with E-state index in [4.69, 9.17) is 10.1 Å². The van der Waals surface area contributed by atoms with Gasteiger partial charge in [-0.05, 0) is 102 Å². The maximum absolute atomic E-state index is 12.0. The van der Waals surface area contributed by atoms with Crippen molar-refractivity contribution < 1.29 is 27.4 Å². The number of allylic oxidation sites excluding steroid dienone is 6. The molecule has 236 valence electrons. The highest BCUT2D eigenvalue weighted by atomic mass is 79.9. The first-order valence-electron chi connectivity index (χ1n) is 15.1. The molecule has 0 bridgehead atoms. The van der Waals surface area contributed by atoms with Crippen LogP contribution in [0.25, 0.3) is 0 Å². The van der Waals surface area contributed by atoms with E-state index in [1.54, 1.807) is 6.07 Å². The molecule has 0 spiro atoms. The van der Waals surface area contributed by atoms with Crippen molar-refractivity contribution in [3.8, 4) is 0 Å². The lowest BCUT2D eigenvalue weighted by Crippen LogP contribution is -2.35. The first-order valence-corrected chi connectivity index (χ1v) is 17.3. The summed E-state index contributed by atoms with van der Waals surface area (Å²) in [5, 5.41) is 9.01. The molecular formula is C34H43BrN3O5S+. The van der Waals surface area contributed by atoms with E-state index >= 15 is 0 Å². The van der Waals surface area contributed by atoms with E-state index < -0.39 is 21.5 Å². The number of unbranched alkanes of at least 4 members (excludes halogenated alkanes) is 2. The third-order valence-electron chi connectivity index (χ3n) is 8.53. The van der Waals surface area contributed by atoms with Gasteiger partial charge in [0.25, 0.3) is 10.1 Å². The van der Waals surface area contributed by atoms with E-state index in [-0.39, 0.29) is 16.7 Å². The van der Waals surface area contributed by atoms with Crippen LogP contribution in [-0.2, 0) is 32.3 Å². The molecule has 0 amide bonds. The lowest BCUT2D eigenvalue weighted by molar-refractivity contribution is -0.684. The average molecular weight is 686 g/mol. The summed E-state index contributed by atoms with van der Waals surface area (Å²) in [5.41, 5.74) is 4.92. The van der Waals surface area contributed by atoms with E-state index in [0.29, 0.717) is 13.0 Å². The van der Waals surface area contributed by atoms with Crippen LogP contribution in [0.2, 0.25) is 0 Å². The number of carboxylic acids is 1. The molecule has 0 saturated heterocycles. The van der Waals surface area contributed by atoms with Gasteiger partial charge in [0.2, 0.25) is 0 Å². The molecule has 1 aromatic heterocycles. The van der Waals surface area contributed by atoms with E-state index in [0.717, 1.165) is 64.3 Å². The number of aliphatic carboxylic acids is 1. The largest absolute Gasteiger partial charge is 0.481 e. The number of anilines is 1. The minimum atomic E-state index is -4.37. The zero-order chi connectivity index (χ0) is 32.4. The number of rotatable bonds is 12. The number of benzene rings is 1. The van der Waals surface area contributed by atoms with E-state index in [2.05, 4.69) is 84.4 Å². The Balaban J connectivity index is 1.63. The fourth-order valence-electron chi connectivity index (χ4n) is 6.17. The Morgan fingerprint density at radius 1 is 1.05 bits per heavy atom. The van der Waals surface area contributed by atoms with Gasteiger partial charge in [-0.15, -0.1) is 0 Å². The third-order valence-corrected chi connectivity index (χ3v) is 9.79. The number of nitrogens with zero attached hydrogens (tertiary/aromatic N) is 3. The number of hydrogen-bond acceptors (Lipinski definition) is 5. The van der Waals surface area contributed by atoms with Gasteiger partial charge in [0, 0.05) is 29.8 Å². The topological polar surface area (TPSA) is 111 Å². The van der Waals surface area contributed by atoms with Crippen LogP contribution in [0, 0.1) is 6.92 Å². The van der Waals surface area contributed by atoms with Crippen molar-refractivity contribution in [3.05, 3.63) is 81.6 Å². The zero-order valence-corrected chi connectivity index (χ0v) is 28.8. The molecule has 0 saturated carbocycles. The van der Waals surface area contributed by atoms with Crippen molar-refractivity contribution in [2.45, 2.75) is 95.9 Å². The average Bonchev–Trinajstić information content (AvgIpc) is 3.29. The predicted molar refractivity (Wildman–Crippen MR) is 179 cm³/mol. The molecule has 0 fully saturated rings. The SMILES string of the molecule is CCC[n+]1cc(Br)cc2c1N=C(/C=C/C=C/C=C1/N(CCCCCC(=O)O)c3c(C)cc(S(=O)(=O)O)cc3C1(C)C)C2(C)C. The fraction of sp³-hybridized carbons (Fsp3) is 0.441. The van der Waals surface area contributed by atoms with Crippen LogP contribution in [0.3, 0.4) is 0 Å². The first kappa shape index (κ1) is 33.8. The van der Waals surface area contributed by atoms with Gasteiger partial charge in [0.05, 0.1) is 26.9 Å². The standard InChI is InChI=1S/C34H42BrN3O5S/c1-7-17-37-22-24(35)20-27-32(37)36-28(33(27,3)4)14-10-8-11-15-29-34(5,6)26-21-25(44(41,42)43)19-23(2)31(26)38(29)18-13-9-12-16-30(39)40/h8,10-11,14-15,19-22H,7,9,12-13,16-18H2,1-6H3,(H-,39,40,41,42,43)/p+1. The lowest BCUT2D eigenvalue weighted by atomic mass is 9.82. The highest BCUT2D eigenvalue weighted by molar-refractivity contribution is 9.10. The molecule has 10 heteroatoms. The molecule has 0 aliphatic carbocycles. The third kappa shape index (κ3) is 6.92. The van der Waals surface area contributed by atoms with Gasteiger partial charge in [-0.1, -0.05) is 45.4 Å². The van der Waals surface area contributed by atoms with Crippen molar-refractivity contribution in [1.29, 1.82) is 0 Å². The van der Waals surface area contributed by atoms with Crippen LogP contribution in [0.1, 0.15) is 83.4 Å². The van der Waals surface area contributed by atoms with E-state index in [1.807, 2.05) is 25.2 Å². The summed E-state index contributed by atoms with van der Waals surface area (Å²) in [6.07, 6.45) is 15.5. The molecule has 3 heterocycles. The molecular weight excluding hydrogens is 642 g/mol. The number of halogens is 1. The second kappa shape index (κ2) is 13.1. The zero-order valence-electron chi connectivity index (χ0n) is 26.4. The Kier molecular flexibility index (Phi) is 10.1. The Labute approximate surface area is 269 Å². The number of aryl methyl sites for hydroxylation is 2. The number of carboxylic acid groups (broad SMARTS) is 1. The second-order valence-electron chi connectivity index (χ2n) is 12.6. The molecule has 0 unspecified atom stereocenters. The van der Waals surface area contributed by atoms with Gasteiger partial charge in [-0.2, -0.15) is 8.42 Å². The van der Waals surface area contributed by atoms with Gasteiger partial charge in [0.15, 0.2) is 5.71 Å². The number of hydrogen-bond donors (Lipinski definition) is 2. The summed E-state index contributed by atoms with van der Waals surface area (Å²) in [7, 11) is -4.37. The first-order chi connectivity index (χ1) is 20.6. The Hall–Kier alpha value is -3.08. The lowest BCUT2D eigenvalue weighted by Gasteiger charge is -2.27. The smallest absolute Gasteiger partial charge is 0.327 e. The molecule has 2 aliphatic heterocycles.